The van der Waals surface area contributed by atoms with Gasteiger partial charge in [-0.2, -0.15) is 0 Å². The number of ether oxygens (including phenoxy) is 3. The highest BCUT2D eigenvalue weighted by molar-refractivity contribution is 6.91. The van der Waals surface area contributed by atoms with Gasteiger partial charge in [-0.15, -0.1) is 0 Å². The molecular formula is C36H47N3O5Si. The van der Waals surface area contributed by atoms with Crippen LogP contribution in [0, 0.1) is 5.92 Å². The van der Waals surface area contributed by atoms with Crippen molar-refractivity contribution in [3.8, 4) is 11.5 Å². The lowest BCUT2D eigenvalue weighted by Gasteiger charge is -2.46. The molecule has 1 spiro atoms. The minimum absolute atomic E-state index is 0.0326. The standard InChI is InChI=1S/C36H47N3O5Si/c1-25-33(43-3)30-23-27(38-24-39(26-9-7-6-8-10-26)36(35(38)41)18-20-37-21-19-36)11-16-31(30)44-34(25)32(17-22-40)45(4,5)29-14-12-28(42-2)13-15-29/h6-16,23,25,32-34,37,40H,17-22,24H2,1-5H3/t25-,32?,33-,34-/m0/s1. The summed E-state index contributed by atoms with van der Waals surface area (Å²) in [6.07, 6.45) is 1.84. The van der Waals surface area contributed by atoms with E-state index in [4.69, 9.17) is 14.2 Å². The number of benzene rings is 3. The number of carbonyl (C=O) groups is 1. The molecule has 3 aliphatic heterocycles. The van der Waals surface area contributed by atoms with Crippen molar-refractivity contribution in [2.45, 2.75) is 62.6 Å². The Labute approximate surface area is 268 Å². The quantitative estimate of drug-likeness (QED) is 0.320. The Kier molecular flexibility index (Phi) is 8.98. The average molecular weight is 630 g/mol. The molecule has 3 aliphatic rings. The van der Waals surface area contributed by atoms with Crippen LogP contribution in [0.1, 0.15) is 37.9 Å². The molecule has 3 heterocycles. The minimum Gasteiger partial charge on any atom is -0.497 e. The van der Waals surface area contributed by atoms with Crippen molar-refractivity contribution >= 4 is 30.5 Å². The first-order chi connectivity index (χ1) is 21.7. The van der Waals surface area contributed by atoms with Gasteiger partial charge in [-0.25, -0.2) is 0 Å². The van der Waals surface area contributed by atoms with Gasteiger partial charge in [-0.1, -0.05) is 55.5 Å². The number of fused-ring (bicyclic) bond motifs is 1. The molecule has 8 nitrogen and oxygen atoms in total. The predicted octanol–water partition coefficient (Wildman–Crippen LogP) is 5.08. The van der Waals surface area contributed by atoms with Gasteiger partial charge in [-0.3, -0.25) is 9.69 Å². The van der Waals surface area contributed by atoms with Crippen molar-refractivity contribution in [2.24, 2.45) is 5.92 Å². The van der Waals surface area contributed by atoms with Crippen molar-refractivity contribution in [3.63, 3.8) is 0 Å². The SMILES string of the molecule is COc1ccc([Si](C)(C)C(CCO)[C@H]2Oc3ccc(N4CN(c5ccccc5)C5(CCNCC5)C4=O)cc3[C@@H](OC)[C@@H]2C)cc1. The zero-order valence-electron chi connectivity index (χ0n) is 27.2. The van der Waals surface area contributed by atoms with E-state index >= 15 is 0 Å². The van der Waals surface area contributed by atoms with E-state index in [2.05, 4.69) is 60.6 Å². The summed E-state index contributed by atoms with van der Waals surface area (Å²) in [4.78, 5) is 18.6. The first-order valence-electron chi connectivity index (χ1n) is 16.2. The summed E-state index contributed by atoms with van der Waals surface area (Å²) in [6.45, 7) is 9.14. The fourth-order valence-corrected chi connectivity index (χ4v) is 11.5. The van der Waals surface area contributed by atoms with Crippen LogP contribution >= 0.6 is 0 Å². The van der Waals surface area contributed by atoms with Crippen molar-refractivity contribution < 1.29 is 24.1 Å². The molecule has 0 bridgehead atoms. The molecule has 0 aliphatic carbocycles. The number of nitrogens with one attached hydrogen (secondary N) is 1. The molecule has 1 unspecified atom stereocenters. The van der Waals surface area contributed by atoms with Crippen LogP contribution in [0.25, 0.3) is 0 Å². The average Bonchev–Trinajstić information content (AvgIpc) is 3.34. The van der Waals surface area contributed by atoms with Gasteiger partial charge in [0.15, 0.2) is 0 Å². The Morgan fingerprint density at radius 2 is 1.73 bits per heavy atom. The van der Waals surface area contributed by atoms with Crippen LogP contribution in [0.15, 0.2) is 72.8 Å². The van der Waals surface area contributed by atoms with Gasteiger partial charge >= 0.3 is 0 Å². The molecule has 1 amide bonds. The Morgan fingerprint density at radius 3 is 2.38 bits per heavy atom. The second-order valence-corrected chi connectivity index (χ2v) is 18.1. The van der Waals surface area contributed by atoms with E-state index in [1.807, 2.05) is 47.4 Å². The first-order valence-corrected chi connectivity index (χ1v) is 19.3. The summed E-state index contributed by atoms with van der Waals surface area (Å²) < 4.78 is 18.5. The first kappa shape index (κ1) is 31.6. The second-order valence-electron chi connectivity index (χ2n) is 13.3. The highest BCUT2D eigenvalue weighted by atomic mass is 28.3. The number of nitrogens with zero attached hydrogens (tertiary/aromatic N) is 2. The van der Waals surface area contributed by atoms with Crippen molar-refractivity contribution in [2.75, 3.05) is 50.4 Å². The lowest BCUT2D eigenvalue weighted by molar-refractivity contribution is -0.122. The summed E-state index contributed by atoms with van der Waals surface area (Å²) in [5, 5.41) is 15.0. The number of hydrogen-bond acceptors (Lipinski definition) is 7. The van der Waals surface area contributed by atoms with Gasteiger partial charge in [0, 0.05) is 36.6 Å². The molecular weight excluding hydrogens is 582 g/mol. The molecule has 0 saturated carbocycles. The molecule has 9 heteroatoms. The van der Waals surface area contributed by atoms with Gasteiger partial charge in [0.1, 0.15) is 23.1 Å². The number of rotatable bonds is 9. The zero-order valence-corrected chi connectivity index (χ0v) is 28.2. The number of hydrogen-bond donors (Lipinski definition) is 2. The molecule has 6 rings (SSSR count). The Balaban J connectivity index is 1.32. The molecule has 3 aromatic carbocycles. The molecule has 2 N–H and O–H groups in total. The van der Waals surface area contributed by atoms with E-state index in [0.29, 0.717) is 13.1 Å². The maximum Gasteiger partial charge on any atom is 0.254 e. The van der Waals surface area contributed by atoms with Crippen LogP contribution in [-0.2, 0) is 9.53 Å². The third-order valence-corrected chi connectivity index (χ3v) is 15.0. The summed E-state index contributed by atoms with van der Waals surface area (Å²) in [5.74, 6) is 1.81. The Morgan fingerprint density at radius 1 is 1.02 bits per heavy atom. The van der Waals surface area contributed by atoms with E-state index in [1.165, 1.54) is 5.19 Å². The largest absolute Gasteiger partial charge is 0.497 e. The molecule has 45 heavy (non-hydrogen) atoms. The summed E-state index contributed by atoms with van der Waals surface area (Å²) in [6, 6.07) is 24.8. The van der Waals surface area contributed by atoms with Gasteiger partial charge in [-0.05, 0) is 80.4 Å². The lowest BCUT2D eigenvalue weighted by Crippen LogP contribution is -2.55. The highest BCUT2D eigenvalue weighted by Gasteiger charge is 2.54. The molecule has 3 aromatic rings. The van der Waals surface area contributed by atoms with Crippen LogP contribution < -0.4 is 29.8 Å². The smallest absolute Gasteiger partial charge is 0.254 e. The van der Waals surface area contributed by atoms with Gasteiger partial charge in [0.2, 0.25) is 0 Å². The van der Waals surface area contributed by atoms with Crippen LogP contribution in [0.4, 0.5) is 11.4 Å². The van der Waals surface area contributed by atoms with E-state index < -0.39 is 13.6 Å². The molecule has 0 aromatic heterocycles. The topological polar surface area (TPSA) is 83.5 Å². The van der Waals surface area contributed by atoms with E-state index in [1.54, 1.807) is 14.2 Å². The fraction of sp³-hybridized carbons (Fsp3) is 0.472. The summed E-state index contributed by atoms with van der Waals surface area (Å²) >= 11 is 0. The van der Waals surface area contributed by atoms with Crippen molar-refractivity contribution in [1.82, 2.24) is 5.32 Å². The maximum absolute atomic E-state index is 14.3. The third kappa shape index (κ3) is 5.54. The van der Waals surface area contributed by atoms with Crippen LogP contribution in [0.3, 0.4) is 0 Å². The molecule has 4 atom stereocenters. The number of carbonyl (C=O) groups excluding carboxylic acids is 1. The lowest BCUT2D eigenvalue weighted by atomic mass is 9.85. The maximum atomic E-state index is 14.3. The Bertz CT molecular complexity index is 1480. The fourth-order valence-electron chi connectivity index (χ4n) is 8.01. The normalized spacial score (nSPS) is 23.5. The van der Waals surface area contributed by atoms with Gasteiger partial charge in [0.25, 0.3) is 5.91 Å². The van der Waals surface area contributed by atoms with Crippen molar-refractivity contribution in [3.05, 3.63) is 78.4 Å². The zero-order chi connectivity index (χ0) is 31.8. The summed E-state index contributed by atoms with van der Waals surface area (Å²) in [7, 11) is 1.32. The monoisotopic (exact) mass is 629 g/mol. The Hall–Kier alpha value is -3.37. The number of aliphatic hydroxyl groups excluding tert-OH is 1. The molecule has 240 valence electrons. The van der Waals surface area contributed by atoms with E-state index in [-0.39, 0.29) is 36.2 Å². The summed E-state index contributed by atoms with van der Waals surface area (Å²) in [5.41, 5.74) is 2.49. The number of piperidine rings is 1. The third-order valence-electron chi connectivity index (χ3n) is 10.7. The number of anilines is 2. The molecule has 2 fully saturated rings. The van der Waals surface area contributed by atoms with Crippen molar-refractivity contribution in [1.29, 1.82) is 0 Å². The van der Waals surface area contributed by atoms with E-state index in [9.17, 15) is 9.90 Å². The van der Waals surface area contributed by atoms with Gasteiger partial charge < -0.3 is 29.5 Å². The molecule has 0 radical (unpaired) electrons. The highest BCUT2D eigenvalue weighted by Crippen LogP contribution is 2.49. The molecule has 2 saturated heterocycles. The van der Waals surface area contributed by atoms with Crippen LogP contribution in [-0.4, -0.2) is 71.3 Å². The minimum atomic E-state index is -2.12. The number of para-hydroxylation sites is 1. The van der Waals surface area contributed by atoms with Crippen LogP contribution in [0.5, 0.6) is 11.5 Å². The predicted molar refractivity (Wildman–Crippen MR) is 181 cm³/mol. The van der Waals surface area contributed by atoms with Crippen LogP contribution in [0.2, 0.25) is 18.6 Å². The number of amides is 1. The number of aliphatic hydroxyl groups is 1. The number of methoxy groups -OCH3 is 2. The van der Waals surface area contributed by atoms with Gasteiger partial charge in [0.05, 0.1) is 28.0 Å². The van der Waals surface area contributed by atoms with E-state index in [0.717, 1.165) is 54.4 Å². The second kappa shape index (κ2) is 12.8.